The van der Waals surface area contributed by atoms with Crippen LogP contribution in [0.2, 0.25) is 0 Å². The second kappa shape index (κ2) is 8.06. The van der Waals surface area contributed by atoms with Gasteiger partial charge in [0.1, 0.15) is 5.75 Å². The monoisotopic (exact) mass is 396 g/mol. The van der Waals surface area contributed by atoms with Crippen LogP contribution in [-0.4, -0.2) is 63.5 Å². The molecule has 1 fully saturated rings. The van der Waals surface area contributed by atoms with Gasteiger partial charge in [-0.2, -0.15) is 5.10 Å². The summed E-state index contributed by atoms with van der Waals surface area (Å²) in [6.45, 7) is 4.18. The maximum atomic E-state index is 12.9. The molecule has 2 aliphatic heterocycles. The molecule has 2 aromatic rings. The number of benzene rings is 1. The van der Waals surface area contributed by atoms with E-state index in [0.29, 0.717) is 43.1 Å². The lowest BCUT2D eigenvalue weighted by atomic mass is 10.1. The van der Waals surface area contributed by atoms with Gasteiger partial charge in [-0.15, -0.1) is 0 Å². The number of carbonyl (C=O) groups excluding carboxylic acids is 3. The molecular weight excluding hydrogens is 372 g/mol. The van der Waals surface area contributed by atoms with Crippen LogP contribution in [0.15, 0.2) is 30.5 Å². The Morgan fingerprint density at radius 1 is 0.897 bits per heavy atom. The molecule has 29 heavy (non-hydrogen) atoms. The first-order valence-electron chi connectivity index (χ1n) is 9.94. The maximum absolute atomic E-state index is 12.9. The molecule has 2 amide bonds. The van der Waals surface area contributed by atoms with E-state index in [1.165, 1.54) is 6.92 Å². The van der Waals surface area contributed by atoms with Crippen LogP contribution in [0, 0.1) is 0 Å². The van der Waals surface area contributed by atoms with Crippen molar-refractivity contribution < 1.29 is 19.1 Å². The Labute approximate surface area is 169 Å². The number of esters is 1. The van der Waals surface area contributed by atoms with Gasteiger partial charge in [0.05, 0.1) is 17.5 Å². The fraction of sp³-hybridized carbons (Fsp3) is 0.429. The Morgan fingerprint density at radius 2 is 1.55 bits per heavy atom. The fourth-order valence-electron chi connectivity index (χ4n) is 3.90. The second-order valence-electron chi connectivity index (χ2n) is 7.39. The molecule has 0 atom stereocenters. The summed E-state index contributed by atoms with van der Waals surface area (Å²) in [7, 11) is 0. The molecule has 0 bridgehead atoms. The summed E-state index contributed by atoms with van der Waals surface area (Å²) >= 11 is 0. The van der Waals surface area contributed by atoms with Gasteiger partial charge < -0.3 is 14.5 Å². The van der Waals surface area contributed by atoms with Crippen molar-refractivity contribution in [3.63, 3.8) is 0 Å². The molecule has 8 nitrogen and oxygen atoms in total. The summed E-state index contributed by atoms with van der Waals surface area (Å²) in [6, 6.07) is 6.52. The first kappa shape index (κ1) is 19.2. The highest BCUT2D eigenvalue weighted by molar-refractivity contribution is 5.96. The molecule has 8 heteroatoms. The Kier molecular flexibility index (Phi) is 5.33. The molecule has 1 saturated heterocycles. The summed E-state index contributed by atoms with van der Waals surface area (Å²) in [5.74, 6) is -0.0705. The smallest absolute Gasteiger partial charge is 0.308 e. The summed E-state index contributed by atoms with van der Waals surface area (Å²) in [5.41, 5.74) is 2.27. The zero-order chi connectivity index (χ0) is 20.4. The molecule has 1 aromatic carbocycles. The van der Waals surface area contributed by atoms with Gasteiger partial charge in [-0.05, 0) is 43.5 Å². The van der Waals surface area contributed by atoms with Crippen molar-refractivity contribution in [3.05, 3.63) is 47.3 Å². The standard InChI is InChI=1S/C21H24N4O4/c1-15(26)29-17-7-5-16(6-8-17)20(27)23-10-12-24(13-11-23)21(28)18-14-22-25-9-3-2-4-19(18)25/h5-8,14H,2-4,9-13H2,1H3. The summed E-state index contributed by atoms with van der Waals surface area (Å²) < 4.78 is 6.94. The number of amides is 2. The second-order valence-corrected chi connectivity index (χ2v) is 7.39. The van der Waals surface area contributed by atoms with E-state index < -0.39 is 5.97 Å². The van der Waals surface area contributed by atoms with E-state index in [1.807, 2.05) is 4.68 Å². The topological polar surface area (TPSA) is 84.7 Å². The Balaban J connectivity index is 1.36. The molecule has 152 valence electrons. The number of ether oxygens (including phenoxy) is 1. The van der Waals surface area contributed by atoms with Gasteiger partial charge in [0.2, 0.25) is 0 Å². The molecule has 3 heterocycles. The third-order valence-corrected chi connectivity index (χ3v) is 5.43. The number of rotatable bonds is 3. The van der Waals surface area contributed by atoms with Crippen molar-refractivity contribution in [2.75, 3.05) is 26.2 Å². The molecule has 0 spiro atoms. The first-order chi connectivity index (χ1) is 14.0. The van der Waals surface area contributed by atoms with Crippen LogP contribution in [-0.2, 0) is 17.8 Å². The summed E-state index contributed by atoms with van der Waals surface area (Å²) in [5, 5.41) is 4.35. The van der Waals surface area contributed by atoms with Crippen molar-refractivity contribution in [2.45, 2.75) is 32.7 Å². The van der Waals surface area contributed by atoms with E-state index >= 15 is 0 Å². The predicted molar refractivity (Wildman–Crippen MR) is 105 cm³/mol. The fourth-order valence-corrected chi connectivity index (χ4v) is 3.90. The Bertz CT molecular complexity index is 927. The van der Waals surface area contributed by atoms with Crippen LogP contribution in [0.5, 0.6) is 5.75 Å². The number of aromatic nitrogens is 2. The number of carbonyl (C=O) groups is 3. The minimum absolute atomic E-state index is 0.00554. The normalized spacial score (nSPS) is 16.3. The van der Waals surface area contributed by atoms with E-state index in [1.54, 1.807) is 40.3 Å². The highest BCUT2D eigenvalue weighted by atomic mass is 16.5. The molecule has 0 saturated carbocycles. The van der Waals surface area contributed by atoms with Crippen LogP contribution in [0.1, 0.15) is 46.2 Å². The Hall–Kier alpha value is -3.16. The molecule has 1 aromatic heterocycles. The van der Waals surface area contributed by atoms with Gasteiger partial charge in [0, 0.05) is 45.2 Å². The van der Waals surface area contributed by atoms with Gasteiger partial charge in [-0.1, -0.05) is 0 Å². The molecule has 0 radical (unpaired) electrons. The van der Waals surface area contributed by atoms with Crippen LogP contribution in [0.4, 0.5) is 0 Å². The van der Waals surface area contributed by atoms with Crippen molar-refractivity contribution >= 4 is 17.8 Å². The zero-order valence-electron chi connectivity index (χ0n) is 16.5. The highest BCUT2D eigenvalue weighted by Crippen LogP contribution is 2.21. The molecule has 2 aliphatic rings. The molecule has 0 aliphatic carbocycles. The van der Waals surface area contributed by atoms with Gasteiger partial charge in [0.15, 0.2) is 0 Å². The molecule has 4 rings (SSSR count). The first-order valence-corrected chi connectivity index (χ1v) is 9.94. The lowest BCUT2D eigenvalue weighted by Crippen LogP contribution is -2.50. The third kappa shape index (κ3) is 4.01. The minimum Gasteiger partial charge on any atom is -0.427 e. The number of aryl methyl sites for hydroxylation is 1. The van der Waals surface area contributed by atoms with Gasteiger partial charge >= 0.3 is 5.97 Å². The van der Waals surface area contributed by atoms with Crippen LogP contribution in [0.3, 0.4) is 0 Å². The quantitative estimate of drug-likeness (QED) is 0.583. The van der Waals surface area contributed by atoms with Crippen LogP contribution in [0.25, 0.3) is 0 Å². The van der Waals surface area contributed by atoms with E-state index in [2.05, 4.69) is 5.10 Å². The maximum Gasteiger partial charge on any atom is 0.308 e. The van der Waals surface area contributed by atoms with Crippen LogP contribution < -0.4 is 4.74 Å². The summed E-state index contributed by atoms with van der Waals surface area (Å²) in [6.07, 6.45) is 4.77. The largest absolute Gasteiger partial charge is 0.427 e. The van der Waals surface area contributed by atoms with Crippen molar-refractivity contribution in [1.82, 2.24) is 19.6 Å². The zero-order valence-corrected chi connectivity index (χ0v) is 16.5. The SMILES string of the molecule is CC(=O)Oc1ccc(C(=O)N2CCN(C(=O)c3cnn4c3CCCC4)CC2)cc1. The lowest BCUT2D eigenvalue weighted by molar-refractivity contribution is -0.131. The molecule has 0 N–H and O–H groups in total. The van der Waals surface area contributed by atoms with Crippen molar-refractivity contribution in [1.29, 1.82) is 0 Å². The van der Waals surface area contributed by atoms with Crippen molar-refractivity contribution in [3.8, 4) is 5.75 Å². The predicted octanol–water partition coefficient (Wildman–Crippen LogP) is 1.74. The number of hydrogen-bond acceptors (Lipinski definition) is 5. The average molecular weight is 396 g/mol. The third-order valence-electron chi connectivity index (χ3n) is 5.43. The van der Waals surface area contributed by atoms with Gasteiger partial charge in [-0.3, -0.25) is 19.1 Å². The van der Waals surface area contributed by atoms with Crippen molar-refractivity contribution in [2.24, 2.45) is 0 Å². The average Bonchev–Trinajstić information content (AvgIpc) is 3.17. The number of nitrogens with zero attached hydrogens (tertiary/aromatic N) is 4. The molecule has 0 unspecified atom stereocenters. The Morgan fingerprint density at radius 3 is 2.21 bits per heavy atom. The van der Waals surface area contributed by atoms with Gasteiger partial charge in [0.25, 0.3) is 11.8 Å². The lowest BCUT2D eigenvalue weighted by Gasteiger charge is -2.35. The number of fused-ring (bicyclic) bond motifs is 1. The van der Waals surface area contributed by atoms with E-state index in [0.717, 1.165) is 31.5 Å². The number of piperazine rings is 1. The molecular formula is C21H24N4O4. The van der Waals surface area contributed by atoms with E-state index in [9.17, 15) is 14.4 Å². The van der Waals surface area contributed by atoms with E-state index in [-0.39, 0.29) is 11.8 Å². The minimum atomic E-state index is -0.399. The number of hydrogen-bond donors (Lipinski definition) is 0. The summed E-state index contributed by atoms with van der Waals surface area (Å²) in [4.78, 5) is 40.2. The van der Waals surface area contributed by atoms with E-state index in [4.69, 9.17) is 4.74 Å². The van der Waals surface area contributed by atoms with Crippen LogP contribution >= 0.6 is 0 Å². The van der Waals surface area contributed by atoms with Gasteiger partial charge in [-0.25, -0.2) is 0 Å². The highest BCUT2D eigenvalue weighted by Gasteiger charge is 2.28.